The van der Waals surface area contributed by atoms with Crippen molar-refractivity contribution in [3.8, 4) is 0 Å². The van der Waals surface area contributed by atoms with Crippen LogP contribution < -0.4 is 73.0 Å². The molecule has 0 saturated carbocycles. The maximum absolute atomic E-state index is 15.5. The zero-order valence-corrected chi connectivity index (χ0v) is 53.9. The van der Waals surface area contributed by atoms with E-state index in [4.69, 9.17) is 10.6 Å². The minimum atomic E-state index is -0.801. The Bertz CT molecular complexity index is 2330. The largest absolute Gasteiger partial charge is 1.00 e. The first-order chi connectivity index (χ1) is 36.7. The molecule has 3 amide bonds. The molecule has 2 atom stereocenters. The molecule has 0 bridgehead atoms. The van der Waals surface area contributed by atoms with E-state index in [2.05, 4.69) is 99.2 Å². The van der Waals surface area contributed by atoms with Crippen molar-refractivity contribution in [2.75, 3.05) is 63.5 Å². The summed E-state index contributed by atoms with van der Waals surface area (Å²) in [5, 5.41) is 2.94. The van der Waals surface area contributed by atoms with E-state index < -0.39 is 17.5 Å². The molecule has 432 valence electrons. The van der Waals surface area contributed by atoms with E-state index in [0.717, 1.165) is 69.3 Å². The van der Waals surface area contributed by atoms with Gasteiger partial charge in [-0.15, -0.1) is 5.12 Å². The summed E-state index contributed by atoms with van der Waals surface area (Å²) in [6.45, 7) is 37.5. The molecular formula is C62H98F3KN8O4. The van der Waals surface area contributed by atoms with Gasteiger partial charge in [-0.2, -0.15) is 6.42 Å². The van der Waals surface area contributed by atoms with Crippen LogP contribution in [0.2, 0.25) is 0 Å². The molecule has 0 aliphatic carbocycles. The molecular weight excluding hydrogens is 1020 g/mol. The molecule has 78 heavy (non-hydrogen) atoms. The number of unbranched alkanes of at least 4 members (excludes halogenated alkanes) is 1. The Balaban J connectivity index is 0.000000922. The van der Waals surface area contributed by atoms with Crippen LogP contribution >= 0.6 is 0 Å². The first-order valence-corrected chi connectivity index (χ1v) is 28.5. The van der Waals surface area contributed by atoms with Crippen molar-refractivity contribution in [1.82, 2.24) is 25.0 Å². The van der Waals surface area contributed by atoms with Crippen molar-refractivity contribution in [3.63, 3.8) is 0 Å². The van der Waals surface area contributed by atoms with Gasteiger partial charge in [0.25, 0.3) is 11.8 Å². The van der Waals surface area contributed by atoms with E-state index in [-0.39, 0.29) is 103 Å². The van der Waals surface area contributed by atoms with Gasteiger partial charge >= 0.3 is 51.4 Å². The van der Waals surface area contributed by atoms with Gasteiger partial charge in [-0.25, -0.2) is 8.78 Å². The Hall–Kier alpha value is -3.61. The summed E-state index contributed by atoms with van der Waals surface area (Å²) in [5.41, 5.74) is 14.6. The molecule has 1 aromatic heterocycles. The number of benzene rings is 2. The second-order valence-corrected chi connectivity index (χ2v) is 20.6. The maximum atomic E-state index is 15.5. The third kappa shape index (κ3) is 22.0. The van der Waals surface area contributed by atoms with Crippen LogP contribution in [0.25, 0.3) is 6.08 Å². The average Bonchev–Trinajstić information content (AvgIpc) is 3.43. The van der Waals surface area contributed by atoms with E-state index in [9.17, 15) is 14.4 Å². The van der Waals surface area contributed by atoms with E-state index in [1.807, 2.05) is 40.7 Å². The number of aromatic nitrogens is 1. The normalized spacial score (nSPS) is 16.9. The molecule has 2 aromatic carbocycles. The number of halogens is 3. The van der Waals surface area contributed by atoms with Gasteiger partial charge in [0.05, 0.1) is 17.5 Å². The minimum Gasteiger partial charge on any atom is -0.391 e. The standard InChI is InChI=1S/C40H57F3N6O2.C13H19NO.C5H10NO.2C2H6.K/c1-8-16-48(29(5)9-2)26-31-11-19-47(20-12-31)40(51)33-23-35(41)39(36(42)24-33)32-13-17-46(18-14-32)25-27(3)21-34-30(6)45-15-10-37(34)49(43)38(50)22-28(4)44-7;1-5-10-6-7-12-11(8-10)13(3,4)9(2)15-14-12;1-2-3-4-5(6)7;2*1-2;/h10,15,21-24,29,31-32,44H,8-9,11-14,16-20,25-26H2,1-7H3;6-9,14H,5H2,1-4H3;1-4H2,(H2,6,7);2*1-2H3;/q;;-1;;;+1/b27-21+,28-22+;;;;;. The van der Waals surface area contributed by atoms with Crippen LogP contribution in [0.15, 0.2) is 59.9 Å². The number of pyridine rings is 1. The molecule has 6 rings (SSSR count). The predicted molar refractivity (Wildman–Crippen MR) is 313 cm³/mol. The molecule has 0 radical (unpaired) electrons. The second kappa shape index (κ2) is 37.4. The Morgan fingerprint density at radius 1 is 0.987 bits per heavy atom. The molecule has 2 unspecified atom stereocenters. The van der Waals surface area contributed by atoms with Crippen LogP contribution in [0.3, 0.4) is 0 Å². The number of primary amides is 1. The molecule has 2 fully saturated rings. The molecule has 12 nitrogen and oxygen atoms in total. The third-order valence-corrected chi connectivity index (χ3v) is 14.8. The molecule has 3 aromatic rings. The van der Waals surface area contributed by atoms with E-state index in [0.29, 0.717) is 80.9 Å². The zero-order valence-electron chi connectivity index (χ0n) is 50.8. The summed E-state index contributed by atoms with van der Waals surface area (Å²) in [6.07, 6.45) is 13.0. The Kier molecular flexibility index (Phi) is 34.7. The van der Waals surface area contributed by atoms with Gasteiger partial charge in [0, 0.05) is 91.5 Å². The van der Waals surface area contributed by atoms with Crippen molar-refractivity contribution < 1.29 is 83.9 Å². The number of rotatable bonds is 18. The number of aryl methyl sites for hydroxylation is 2. The summed E-state index contributed by atoms with van der Waals surface area (Å²) in [4.78, 5) is 52.1. The smallest absolute Gasteiger partial charge is 0.391 e. The van der Waals surface area contributed by atoms with Gasteiger partial charge in [-0.1, -0.05) is 97.0 Å². The van der Waals surface area contributed by atoms with Crippen LogP contribution in [-0.4, -0.2) is 102 Å². The predicted octanol–water partition coefficient (Wildman–Crippen LogP) is 10.5. The Morgan fingerprint density at radius 3 is 2.13 bits per heavy atom. The average molecular weight is 1120 g/mol. The number of nitrogens with one attached hydrogen (secondary N) is 2. The molecule has 3 aliphatic heterocycles. The van der Waals surface area contributed by atoms with E-state index in [1.54, 1.807) is 25.8 Å². The van der Waals surface area contributed by atoms with Crippen molar-refractivity contribution in [2.45, 2.75) is 185 Å². The fraction of sp³-hybridized carbons (Fsp3) is 0.597. The van der Waals surface area contributed by atoms with Crippen LogP contribution in [0.4, 0.5) is 24.6 Å². The second-order valence-electron chi connectivity index (χ2n) is 20.6. The molecule has 0 spiro atoms. The zero-order chi connectivity index (χ0) is 58.0. The van der Waals surface area contributed by atoms with Gasteiger partial charge in [0.15, 0.2) is 0 Å². The monoisotopic (exact) mass is 1110 g/mol. The molecule has 3 aliphatic rings. The number of carbonyl (C=O) groups is 3. The number of anilines is 2. The van der Waals surface area contributed by atoms with E-state index in [1.165, 1.54) is 41.6 Å². The van der Waals surface area contributed by atoms with Crippen molar-refractivity contribution in [1.29, 1.82) is 0 Å². The summed E-state index contributed by atoms with van der Waals surface area (Å²) in [5.74, 6) is -2.44. The van der Waals surface area contributed by atoms with Gasteiger partial charge < -0.3 is 27.8 Å². The topological polar surface area (TPSA) is 136 Å². The summed E-state index contributed by atoms with van der Waals surface area (Å²) >= 11 is 0. The third-order valence-electron chi connectivity index (χ3n) is 14.8. The summed E-state index contributed by atoms with van der Waals surface area (Å²) < 4.78 is 46.2. The van der Waals surface area contributed by atoms with Crippen molar-refractivity contribution in [3.05, 3.63) is 112 Å². The van der Waals surface area contributed by atoms with Crippen molar-refractivity contribution in [2.24, 2.45) is 11.7 Å². The Labute approximate surface area is 511 Å². The van der Waals surface area contributed by atoms with Gasteiger partial charge in [-0.3, -0.25) is 34.6 Å². The van der Waals surface area contributed by atoms with Gasteiger partial charge in [-0.05, 0) is 146 Å². The fourth-order valence-electron chi connectivity index (χ4n) is 9.59. The number of amides is 3. The number of carbonyl (C=O) groups excluding carboxylic acids is 3. The van der Waals surface area contributed by atoms with Crippen molar-refractivity contribution >= 4 is 35.2 Å². The van der Waals surface area contributed by atoms with Gasteiger partial charge in [0.2, 0.25) is 5.91 Å². The minimum absolute atomic E-state index is 0. The number of hydrogen-bond acceptors (Lipinski definition) is 9. The number of piperidine rings is 2. The van der Waals surface area contributed by atoms with E-state index >= 15 is 13.3 Å². The Morgan fingerprint density at radius 2 is 1.60 bits per heavy atom. The quantitative estimate of drug-likeness (QED) is 0.0492. The summed E-state index contributed by atoms with van der Waals surface area (Å²) in [6, 6.07) is 11.0. The fourth-order valence-corrected chi connectivity index (χ4v) is 9.59. The number of nitrogens with zero attached hydrogens (tertiary/aromatic N) is 5. The number of allylic oxidation sites excluding steroid dienone is 1. The number of likely N-dealkylation sites (tertiary alicyclic amines) is 2. The number of nitrogens with two attached hydrogens (primary N) is 1. The maximum Gasteiger partial charge on any atom is 1.00 e. The van der Waals surface area contributed by atoms with Crippen LogP contribution in [0.1, 0.15) is 192 Å². The number of fused-ring (bicyclic) bond motifs is 1. The molecule has 16 heteroatoms. The first kappa shape index (κ1) is 72.4. The first-order valence-electron chi connectivity index (χ1n) is 28.5. The van der Waals surface area contributed by atoms with Crippen LogP contribution in [0.5, 0.6) is 0 Å². The van der Waals surface area contributed by atoms with Crippen LogP contribution in [0, 0.1) is 31.4 Å². The molecule has 2 saturated heterocycles. The van der Waals surface area contributed by atoms with Gasteiger partial charge in [0.1, 0.15) is 11.6 Å². The number of hydrogen-bond donors (Lipinski definition) is 3. The molecule has 4 heterocycles. The summed E-state index contributed by atoms with van der Waals surface area (Å²) in [7, 11) is 1.66. The SMILES string of the molecule is CC.CC.CCCN(CC1CCN(C(=O)c2cc(F)c(C3CCN(C/C(C)=C/c4c(N(F)C(=O)/C=C(\C)NC)ccnc4C)CC3)c(F)c2)CC1)C(C)CC.CCc1ccc2c(c1)C(C)(C)C(C)ON2.[CH2-]CCCC(N)=O.[K+]. The molecule has 4 N–H and O–H groups in total. The van der Waals surface area contributed by atoms with Crippen LogP contribution in [-0.2, 0) is 26.3 Å².